The van der Waals surface area contributed by atoms with Gasteiger partial charge in [0.05, 0.1) is 0 Å². The first-order valence-corrected chi connectivity index (χ1v) is 4.76. The first-order chi connectivity index (χ1) is 6.66. The second-order valence-electron chi connectivity index (χ2n) is 3.22. The second kappa shape index (κ2) is 4.95. The highest BCUT2D eigenvalue weighted by Crippen LogP contribution is 2.17. The molecule has 1 heterocycles. The minimum atomic E-state index is -0.924. The number of carbonyl (C=O) groups excluding carboxylic acids is 1. The van der Waals surface area contributed by atoms with Crippen LogP contribution in [0.3, 0.4) is 0 Å². The van der Waals surface area contributed by atoms with E-state index in [9.17, 15) is 9.59 Å². The molecule has 5 nitrogen and oxygen atoms in total. The van der Waals surface area contributed by atoms with Crippen LogP contribution in [0.15, 0.2) is 0 Å². The number of carboxylic acid groups (broad SMARTS) is 1. The summed E-state index contributed by atoms with van der Waals surface area (Å²) in [6, 6.07) is -0.650. The Kier molecular flexibility index (Phi) is 3.88. The number of ether oxygens (including phenoxy) is 1. The van der Waals surface area contributed by atoms with Crippen LogP contribution in [-0.4, -0.2) is 47.7 Å². The van der Waals surface area contributed by atoms with Crippen molar-refractivity contribution >= 4 is 11.9 Å². The smallest absolute Gasteiger partial charge is 0.326 e. The topological polar surface area (TPSA) is 66.8 Å². The quantitative estimate of drug-likeness (QED) is 0.700. The maximum Gasteiger partial charge on any atom is 0.326 e. The molecule has 0 aromatic carbocycles. The minimum absolute atomic E-state index is 0.0136. The molecule has 1 saturated heterocycles. The van der Waals surface area contributed by atoms with Crippen molar-refractivity contribution in [1.82, 2.24) is 4.90 Å². The number of hydrogen-bond donors (Lipinski definition) is 1. The summed E-state index contributed by atoms with van der Waals surface area (Å²) in [4.78, 5) is 23.6. The van der Waals surface area contributed by atoms with Crippen LogP contribution in [0.5, 0.6) is 0 Å². The number of likely N-dealkylation sites (tertiary alicyclic amines) is 1. The van der Waals surface area contributed by atoms with Crippen molar-refractivity contribution < 1.29 is 19.4 Å². The fourth-order valence-corrected chi connectivity index (χ4v) is 1.59. The highest BCUT2D eigenvalue weighted by atomic mass is 16.5. The van der Waals surface area contributed by atoms with Gasteiger partial charge in [0.2, 0.25) is 5.91 Å². The van der Waals surface area contributed by atoms with Crippen LogP contribution in [-0.2, 0) is 14.3 Å². The average Bonchev–Trinajstić information content (AvgIpc) is 2.62. The highest BCUT2D eigenvalue weighted by Gasteiger charge is 2.33. The summed E-state index contributed by atoms with van der Waals surface area (Å²) < 4.78 is 4.95. The molecule has 80 valence electrons. The molecular formula is C9H15NO4. The summed E-state index contributed by atoms with van der Waals surface area (Å²) >= 11 is 0. The molecule has 0 aliphatic carbocycles. The van der Waals surface area contributed by atoms with Crippen LogP contribution < -0.4 is 0 Å². The largest absolute Gasteiger partial charge is 0.480 e. The molecule has 14 heavy (non-hydrogen) atoms. The van der Waals surface area contributed by atoms with Gasteiger partial charge in [-0.25, -0.2) is 4.79 Å². The van der Waals surface area contributed by atoms with Gasteiger partial charge in [0.1, 0.15) is 12.6 Å². The number of carbonyl (C=O) groups is 2. The minimum Gasteiger partial charge on any atom is -0.480 e. The second-order valence-corrected chi connectivity index (χ2v) is 3.22. The van der Waals surface area contributed by atoms with Crippen LogP contribution in [0.1, 0.15) is 19.8 Å². The summed E-state index contributed by atoms with van der Waals surface area (Å²) in [7, 11) is 0. The molecule has 0 spiro atoms. The van der Waals surface area contributed by atoms with E-state index in [0.29, 0.717) is 19.6 Å². The van der Waals surface area contributed by atoms with E-state index < -0.39 is 12.0 Å². The maximum absolute atomic E-state index is 11.5. The van der Waals surface area contributed by atoms with Crippen molar-refractivity contribution in [1.29, 1.82) is 0 Å². The van der Waals surface area contributed by atoms with Gasteiger partial charge < -0.3 is 14.7 Å². The van der Waals surface area contributed by atoms with Gasteiger partial charge in [0.15, 0.2) is 0 Å². The van der Waals surface area contributed by atoms with Crippen LogP contribution in [0.4, 0.5) is 0 Å². The third-order valence-electron chi connectivity index (χ3n) is 2.29. The predicted molar refractivity (Wildman–Crippen MR) is 48.9 cm³/mol. The maximum atomic E-state index is 11.5. The molecule has 1 rings (SSSR count). The standard InChI is InChI=1S/C9H15NO4/c1-2-14-6-8(11)10-5-3-4-7(10)9(12)13/h7H,2-6H2,1H3,(H,12,13)/t7-/m1/s1. The number of rotatable bonds is 4. The van der Waals surface area contributed by atoms with Crippen LogP contribution in [0.2, 0.25) is 0 Å². The lowest BCUT2D eigenvalue weighted by atomic mass is 10.2. The fraction of sp³-hybridized carbons (Fsp3) is 0.778. The lowest BCUT2D eigenvalue weighted by Crippen LogP contribution is -2.42. The zero-order chi connectivity index (χ0) is 10.6. The van der Waals surface area contributed by atoms with Crippen LogP contribution in [0.25, 0.3) is 0 Å². The van der Waals surface area contributed by atoms with Crippen molar-refractivity contribution in [2.24, 2.45) is 0 Å². The Morgan fingerprint density at radius 1 is 1.57 bits per heavy atom. The molecule has 1 N–H and O–H groups in total. The van der Waals surface area contributed by atoms with Crippen molar-refractivity contribution in [2.75, 3.05) is 19.8 Å². The lowest BCUT2D eigenvalue weighted by molar-refractivity contribution is -0.150. The number of amides is 1. The van der Waals surface area contributed by atoms with Gasteiger partial charge in [-0.05, 0) is 19.8 Å². The Hall–Kier alpha value is -1.10. The van der Waals surface area contributed by atoms with E-state index in [0.717, 1.165) is 6.42 Å². The van der Waals surface area contributed by atoms with Gasteiger partial charge in [0, 0.05) is 13.2 Å². The summed E-state index contributed by atoms with van der Waals surface area (Å²) in [5.41, 5.74) is 0. The first-order valence-electron chi connectivity index (χ1n) is 4.76. The third-order valence-corrected chi connectivity index (χ3v) is 2.29. The number of carboxylic acids is 1. The molecule has 1 fully saturated rings. The Labute approximate surface area is 82.6 Å². The number of hydrogen-bond acceptors (Lipinski definition) is 3. The lowest BCUT2D eigenvalue weighted by Gasteiger charge is -2.20. The van der Waals surface area contributed by atoms with Crippen LogP contribution >= 0.6 is 0 Å². The molecule has 0 aromatic rings. The Morgan fingerprint density at radius 2 is 2.29 bits per heavy atom. The molecule has 0 aromatic heterocycles. The monoisotopic (exact) mass is 201 g/mol. The number of aliphatic carboxylic acids is 1. The zero-order valence-electron chi connectivity index (χ0n) is 8.23. The normalized spacial score (nSPS) is 21.2. The third kappa shape index (κ3) is 2.45. The van der Waals surface area contributed by atoms with E-state index in [1.165, 1.54) is 4.90 Å². The molecule has 1 amide bonds. The first kappa shape index (κ1) is 11.0. The molecular weight excluding hydrogens is 186 g/mol. The Bertz CT molecular complexity index is 229. The van der Waals surface area contributed by atoms with Gasteiger partial charge in [-0.1, -0.05) is 0 Å². The summed E-state index contributed by atoms with van der Waals surface area (Å²) in [5, 5.41) is 8.82. The zero-order valence-corrected chi connectivity index (χ0v) is 8.23. The van der Waals surface area contributed by atoms with Gasteiger partial charge in [-0.15, -0.1) is 0 Å². The van der Waals surface area contributed by atoms with Gasteiger partial charge in [-0.2, -0.15) is 0 Å². The van der Waals surface area contributed by atoms with E-state index in [1.807, 2.05) is 0 Å². The molecule has 0 bridgehead atoms. The van der Waals surface area contributed by atoms with Crippen molar-refractivity contribution in [3.8, 4) is 0 Å². The van der Waals surface area contributed by atoms with E-state index in [4.69, 9.17) is 9.84 Å². The summed E-state index contributed by atoms with van der Waals surface area (Å²) in [6.45, 7) is 2.78. The molecule has 1 atom stereocenters. The molecule has 0 saturated carbocycles. The molecule has 0 unspecified atom stereocenters. The average molecular weight is 201 g/mol. The molecule has 5 heteroatoms. The van der Waals surface area contributed by atoms with Crippen molar-refractivity contribution in [3.05, 3.63) is 0 Å². The van der Waals surface area contributed by atoms with E-state index in [2.05, 4.69) is 0 Å². The van der Waals surface area contributed by atoms with Gasteiger partial charge in [0.25, 0.3) is 0 Å². The highest BCUT2D eigenvalue weighted by molar-refractivity contribution is 5.84. The molecule has 1 aliphatic heterocycles. The summed E-state index contributed by atoms with van der Waals surface area (Å²) in [6.07, 6.45) is 1.31. The Balaban J connectivity index is 2.49. The number of nitrogens with zero attached hydrogens (tertiary/aromatic N) is 1. The van der Waals surface area contributed by atoms with E-state index in [-0.39, 0.29) is 12.5 Å². The van der Waals surface area contributed by atoms with Crippen molar-refractivity contribution in [3.63, 3.8) is 0 Å². The predicted octanol–water partition coefficient (Wildman–Crippen LogP) is 0.0985. The van der Waals surface area contributed by atoms with Crippen molar-refractivity contribution in [2.45, 2.75) is 25.8 Å². The SMILES string of the molecule is CCOCC(=O)N1CCC[C@@H]1C(=O)O. The van der Waals surface area contributed by atoms with Crippen LogP contribution in [0, 0.1) is 0 Å². The Morgan fingerprint density at radius 3 is 2.86 bits per heavy atom. The molecule has 0 radical (unpaired) electrons. The molecule has 1 aliphatic rings. The van der Waals surface area contributed by atoms with E-state index in [1.54, 1.807) is 6.92 Å². The van der Waals surface area contributed by atoms with Gasteiger partial charge in [-0.3, -0.25) is 4.79 Å². The fourth-order valence-electron chi connectivity index (χ4n) is 1.59. The summed E-state index contributed by atoms with van der Waals surface area (Å²) in [5.74, 6) is -1.15. The van der Waals surface area contributed by atoms with E-state index >= 15 is 0 Å². The van der Waals surface area contributed by atoms with Gasteiger partial charge >= 0.3 is 5.97 Å².